The van der Waals surface area contributed by atoms with Gasteiger partial charge in [0.15, 0.2) is 6.61 Å². The van der Waals surface area contributed by atoms with E-state index in [1.807, 2.05) is 22.2 Å². The number of nitro benzene ring substituents is 1. The summed E-state index contributed by atoms with van der Waals surface area (Å²) in [6, 6.07) is 7.46. The number of non-ortho nitro benzene ring substituents is 1. The van der Waals surface area contributed by atoms with Gasteiger partial charge in [-0.3, -0.25) is 10.1 Å². The van der Waals surface area contributed by atoms with E-state index in [0.29, 0.717) is 11.4 Å². The number of hydrogen-bond acceptors (Lipinski definition) is 8. The van der Waals surface area contributed by atoms with Gasteiger partial charge in [0, 0.05) is 28.5 Å². The summed E-state index contributed by atoms with van der Waals surface area (Å²) in [7, 11) is 0. The van der Waals surface area contributed by atoms with Gasteiger partial charge in [0.2, 0.25) is 0 Å². The van der Waals surface area contributed by atoms with Crippen molar-refractivity contribution in [3.8, 4) is 16.3 Å². The molecule has 0 radical (unpaired) electrons. The SMILES string of the molecule is O=C(COc1ccc([N+](=O)[O-])cc1)OCc1csc(-c2ccsc2)n1. The molecule has 2 aromatic heterocycles. The van der Waals surface area contributed by atoms with E-state index in [2.05, 4.69) is 4.98 Å². The van der Waals surface area contributed by atoms with Gasteiger partial charge in [-0.2, -0.15) is 11.3 Å². The highest BCUT2D eigenvalue weighted by Gasteiger charge is 2.10. The van der Waals surface area contributed by atoms with Gasteiger partial charge < -0.3 is 9.47 Å². The monoisotopic (exact) mass is 376 g/mol. The van der Waals surface area contributed by atoms with Crippen LogP contribution in [0.2, 0.25) is 0 Å². The van der Waals surface area contributed by atoms with Crippen LogP contribution in [-0.2, 0) is 16.1 Å². The Labute approximate surface area is 150 Å². The molecule has 0 atom stereocenters. The first-order chi connectivity index (χ1) is 12.1. The smallest absolute Gasteiger partial charge is 0.344 e. The second-order valence-electron chi connectivity index (χ2n) is 4.86. The Kier molecular flexibility index (Phi) is 5.36. The Morgan fingerprint density at radius 2 is 2.00 bits per heavy atom. The number of rotatable bonds is 7. The van der Waals surface area contributed by atoms with Crippen LogP contribution in [0.15, 0.2) is 46.5 Å². The number of benzene rings is 1. The highest BCUT2D eigenvalue weighted by Crippen LogP contribution is 2.25. The maximum atomic E-state index is 11.7. The number of thiophene rings is 1. The minimum Gasteiger partial charge on any atom is -0.482 e. The summed E-state index contributed by atoms with van der Waals surface area (Å²) in [5.41, 5.74) is 1.68. The van der Waals surface area contributed by atoms with E-state index < -0.39 is 10.9 Å². The third-order valence-corrected chi connectivity index (χ3v) is 4.73. The Morgan fingerprint density at radius 1 is 1.20 bits per heavy atom. The van der Waals surface area contributed by atoms with Crippen molar-refractivity contribution < 1.29 is 19.2 Å². The van der Waals surface area contributed by atoms with Gasteiger partial charge in [0.05, 0.1) is 10.6 Å². The highest BCUT2D eigenvalue weighted by atomic mass is 32.1. The van der Waals surface area contributed by atoms with Gasteiger partial charge in [-0.25, -0.2) is 9.78 Å². The summed E-state index contributed by atoms with van der Waals surface area (Å²) in [4.78, 5) is 26.2. The van der Waals surface area contributed by atoms with Gasteiger partial charge in [-0.15, -0.1) is 11.3 Å². The number of carbonyl (C=O) groups excluding carboxylic acids is 1. The van der Waals surface area contributed by atoms with Crippen molar-refractivity contribution in [2.45, 2.75) is 6.61 Å². The molecule has 0 spiro atoms. The molecule has 0 aliphatic rings. The predicted molar refractivity (Wildman–Crippen MR) is 93.8 cm³/mol. The van der Waals surface area contributed by atoms with Crippen molar-refractivity contribution in [3.05, 3.63) is 62.3 Å². The zero-order valence-corrected chi connectivity index (χ0v) is 14.4. The van der Waals surface area contributed by atoms with Crippen LogP contribution in [0.5, 0.6) is 5.75 Å². The molecule has 0 aliphatic heterocycles. The Bertz CT molecular complexity index is 859. The van der Waals surface area contributed by atoms with E-state index in [1.165, 1.54) is 35.6 Å². The number of carbonyl (C=O) groups is 1. The average Bonchev–Trinajstić information content (AvgIpc) is 3.29. The minimum atomic E-state index is -0.538. The Morgan fingerprint density at radius 3 is 2.68 bits per heavy atom. The lowest BCUT2D eigenvalue weighted by Gasteiger charge is -2.05. The van der Waals surface area contributed by atoms with Gasteiger partial charge in [0.25, 0.3) is 5.69 Å². The van der Waals surface area contributed by atoms with Crippen LogP contribution >= 0.6 is 22.7 Å². The van der Waals surface area contributed by atoms with Crippen molar-refractivity contribution >= 4 is 34.3 Å². The standard InChI is InChI=1S/C16H12N2O5S2/c19-15(8-22-14-3-1-13(2-4-14)18(20)21)23-7-12-10-25-16(17-12)11-5-6-24-9-11/h1-6,9-10H,7-8H2. The zero-order valence-electron chi connectivity index (χ0n) is 12.8. The maximum Gasteiger partial charge on any atom is 0.344 e. The molecule has 0 saturated carbocycles. The molecule has 1 aromatic carbocycles. The van der Waals surface area contributed by atoms with Crippen LogP contribution < -0.4 is 4.74 Å². The lowest BCUT2D eigenvalue weighted by molar-refractivity contribution is -0.384. The lowest BCUT2D eigenvalue weighted by atomic mass is 10.3. The minimum absolute atomic E-state index is 0.0418. The topological polar surface area (TPSA) is 91.6 Å². The van der Waals surface area contributed by atoms with Crippen LogP contribution in [0, 0.1) is 10.1 Å². The Balaban J connectivity index is 1.46. The fourth-order valence-corrected chi connectivity index (χ4v) is 3.41. The molecule has 0 bridgehead atoms. The van der Waals surface area contributed by atoms with Crippen molar-refractivity contribution in [1.29, 1.82) is 0 Å². The van der Waals surface area contributed by atoms with E-state index >= 15 is 0 Å². The van der Waals surface area contributed by atoms with Gasteiger partial charge in [0.1, 0.15) is 17.4 Å². The van der Waals surface area contributed by atoms with E-state index in [-0.39, 0.29) is 18.9 Å². The molecule has 0 saturated heterocycles. The molecule has 25 heavy (non-hydrogen) atoms. The first-order valence-corrected chi connectivity index (χ1v) is 8.94. The summed E-state index contributed by atoms with van der Waals surface area (Å²) in [6.45, 7) is -0.206. The second-order valence-corrected chi connectivity index (χ2v) is 6.49. The van der Waals surface area contributed by atoms with Crippen molar-refractivity contribution in [2.75, 3.05) is 6.61 Å². The van der Waals surface area contributed by atoms with E-state index in [0.717, 1.165) is 10.6 Å². The highest BCUT2D eigenvalue weighted by molar-refractivity contribution is 7.14. The number of nitrogens with zero attached hydrogens (tertiary/aromatic N) is 2. The van der Waals surface area contributed by atoms with Crippen LogP contribution in [0.3, 0.4) is 0 Å². The molecule has 0 amide bonds. The summed E-state index contributed by atoms with van der Waals surface area (Å²) in [5.74, 6) is -0.181. The fraction of sp³-hybridized carbons (Fsp3) is 0.125. The zero-order chi connectivity index (χ0) is 17.6. The summed E-state index contributed by atoms with van der Waals surface area (Å²) < 4.78 is 10.4. The Hall–Kier alpha value is -2.78. The van der Waals surface area contributed by atoms with Crippen LogP contribution in [0.4, 0.5) is 5.69 Å². The molecule has 3 rings (SSSR count). The van der Waals surface area contributed by atoms with Gasteiger partial charge in [-0.1, -0.05) is 0 Å². The molecule has 9 heteroatoms. The normalized spacial score (nSPS) is 10.4. The van der Waals surface area contributed by atoms with E-state index in [4.69, 9.17) is 9.47 Å². The number of esters is 1. The van der Waals surface area contributed by atoms with Gasteiger partial charge in [-0.05, 0) is 23.6 Å². The molecule has 0 N–H and O–H groups in total. The third kappa shape index (κ3) is 4.61. The summed E-state index contributed by atoms with van der Waals surface area (Å²) >= 11 is 3.09. The fourth-order valence-electron chi connectivity index (χ4n) is 1.89. The largest absolute Gasteiger partial charge is 0.482 e. The molecule has 0 fully saturated rings. The van der Waals surface area contributed by atoms with Crippen LogP contribution in [0.25, 0.3) is 10.6 Å². The molecular formula is C16H12N2O5S2. The van der Waals surface area contributed by atoms with Crippen molar-refractivity contribution in [3.63, 3.8) is 0 Å². The lowest BCUT2D eigenvalue weighted by Crippen LogP contribution is -2.14. The van der Waals surface area contributed by atoms with E-state index in [1.54, 1.807) is 11.3 Å². The quantitative estimate of drug-likeness (QED) is 0.353. The van der Waals surface area contributed by atoms with Gasteiger partial charge >= 0.3 is 5.97 Å². The number of hydrogen-bond donors (Lipinski definition) is 0. The molecule has 128 valence electrons. The first-order valence-electron chi connectivity index (χ1n) is 7.11. The molecule has 0 aliphatic carbocycles. The number of nitro groups is 1. The van der Waals surface area contributed by atoms with E-state index in [9.17, 15) is 14.9 Å². The number of thiazole rings is 1. The van der Waals surface area contributed by atoms with Crippen molar-refractivity contribution in [1.82, 2.24) is 4.98 Å². The maximum absolute atomic E-state index is 11.7. The van der Waals surface area contributed by atoms with Crippen molar-refractivity contribution in [2.24, 2.45) is 0 Å². The molecule has 7 nitrogen and oxygen atoms in total. The number of aromatic nitrogens is 1. The molecule has 0 unspecified atom stereocenters. The average molecular weight is 376 g/mol. The second kappa shape index (κ2) is 7.86. The summed E-state index contributed by atoms with van der Waals surface area (Å²) in [6.07, 6.45) is 0. The van der Waals surface area contributed by atoms with Crippen LogP contribution in [-0.4, -0.2) is 22.5 Å². The third-order valence-electron chi connectivity index (χ3n) is 3.11. The summed E-state index contributed by atoms with van der Waals surface area (Å²) in [5, 5.41) is 17.3. The molecule has 2 heterocycles. The molecular weight excluding hydrogens is 364 g/mol. The number of ether oxygens (including phenoxy) is 2. The first kappa shape index (κ1) is 17.1. The van der Waals surface area contributed by atoms with Crippen LogP contribution in [0.1, 0.15) is 5.69 Å². The predicted octanol–water partition coefficient (Wildman–Crippen LogP) is 3.90. The molecule has 3 aromatic rings.